The second kappa shape index (κ2) is 8.61. The minimum Gasteiger partial charge on any atom is -0.381 e. The average Bonchev–Trinajstić information content (AvgIpc) is 3.31. The maximum Gasteiger partial charge on any atom is 0.194 e. The Balaban J connectivity index is 1.68. The fourth-order valence-electron chi connectivity index (χ4n) is 3.91. The molecule has 1 N–H and O–H groups in total. The van der Waals surface area contributed by atoms with Gasteiger partial charge in [-0.15, -0.1) is 0 Å². The van der Waals surface area contributed by atoms with Crippen molar-refractivity contribution in [2.75, 3.05) is 38.6 Å². The predicted octanol–water partition coefficient (Wildman–Crippen LogP) is 2.32. The van der Waals surface area contributed by atoms with Crippen LogP contribution in [-0.2, 0) is 14.6 Å². The van der Waals surface area contributed by atoms with Crippen LogP contribution in [0.3, 0.4) is 0 Å². The normalized spacial score (nSPS) is 24.5. The molecule has 0 aliphatic carbocycles. The molecule has 2 fully saturated rings. The molecule has 0 bridgehead atoms. The Morgan fingerprint density at radius 1 is 1.30 bits per heavy atom. The standard InChI is InChI=1S/C20H31N3O3S/c1-3-17(14-27(24,25)18-8-6-5-7-9-18)22-19(21-4-2)23-12-10-20(15-23)11-13-26-16-20/h5-9,17H,3-4,10-16H2,1-2H3,(H,21,22). The van der Waals surface area contributed by atoms with E-state index in [1.165, 1.54) is 0 Å². The lowest BCUT2D eigenvalue weighted by Crippen LogP contribution is -2.48. The maximum atomic E-state index is 12.8. The van der Waals surface area contributed by atoms with Crippen LogP contribution in [0, 0.1) is 5.41 Å². The summed E-state index contributed by atoms with van der Waals surface area (Å²) in [4.78, 5) is 7.30. The van der Waals surface area contributed by atoms with Crippen LogP contribution < -0.4 is 5.32 Å². The van der Waals surface area contributed by atoms with Crippen molar-refractivity contribution in [3.05, 3.63) is 30.3 Å². The molecule has 0 radical (unpaired) electrons. The van der Waals surface area contributed by atoms with Gasteiger partial charge in [0.05, 0.1) is 17.3 Å². The monoisotopic (exact) mass is 393 g/mol. The first-order valence-electron chi connectivity index (χ1n) is 9.89. The van der Waals surface area contributed by atoms with Crippen molar-refractivity contribution in [1.82, 2.24) is 10.2 Å². The molecule has 1 aromatic rings. The van der Waals surface area contributed by atoms with Gasteiger partial charge in [0.2, 0.25) is 0 Å². The largest absolute Gasteiger partial charge is 0.381 e. The summed E-state index contributed by atoms with van der Waals surface area (Å²) in [5.74, 6) is 0.898. The van der Waals surface area contributed by atoms with Gasteiger partial charge in [-0.2, -0.15) is 0 Å². The number of sulfone groups is 1. The summed E-state index contributed by atoms with van der Waals surface area (Å²) in [7, 11) is -3.33. The van der Waals surface area contributed by atoms with E-state index in [9.17, 15) is 8.42 Å². The molecule has 0 amide bonds. The molecule has 1 spiro atoms. The molecule has 6 nitrogen and oxygen atoms in total. The van der Waals surface area contributed by atoms with E-state index in [1.807, 2.05) is 19.9 Å². The maximum absolute atomic E-state index is 12.8. The van der Waals surface area contributed by atoms with Crippen LogP contribution in [0.4, 0.5) is 0 Å². The summed E-state index contributed by atoms with van der Waals surface area (Å²) in [6.07, 6.45) is 2.93. The fraction of sp³-hybridized carbons (Fsp3) is 0.650. The van der Waals surface area contributed by atoms with Crippen LogP contribution in [0.5, 0.6) is 0 Å². The van der Waals surface area contributed by atoms with E-state index < -0.39 is 9.84 Å². The average molecular weight is 394 g/mol. The molecular formula is C20H31N3O3S. The summed E-state index contributed by atoms with van der Waals surface area (Å²) < 4.78 is 31.1. The Kier molecular flexibility index (Phi) is 6.42. The second-order valence-electron chi connectivity index (χ2n) is 7.62. The summed E-state index contributed by atoms with van der Waals surface area (Å²) in [5.41, 5.74) is 0.244. The van der Waals surface area contributed by atoms with E-state index in [1.54, 1.807) is 24.3 Å². The highest BCUT2D eigenvalue weighted by atomic mass is 32.2. The minimum atomic E-state index is -3.33. The topological polar surface area (TPSA) is 71.0 Å². The quantitative estimate of drug-likeness (QED) is 0.593. The van der Waals surface area contributed by atoms with Gasteiger partial charge >= 0.3 is 0 Å². The molecule has 1 aromatic carbocycles. The highest BCUT2D eigenvalue weighted by Crippen LogP contribution is 2.38. The molecule has 3 rings (SSSR count). The summed E-state index contributed by atoms with van der Waals surface area (Å²) in [6, 6.07) is 8.51. The van der Waals surface area contributed by atoms with Crippen molar-refractivity contribution in [3.63, 3.8) is 0 Å². The van der Waals surface area contributed by atoms with Gasteiger partial charge in [-0.25, -0.2) is 8.42 Å². The zero-order valence-corrected chi connectivity index (χ0v) is 17.2. The predicted molar refractivity (Wildman–Crippen MR) is 108 cm³/mol. The number of hydrogen-bond acceptors (Lipinski definition) is 4. The van der Waals surface area contributed by atoms with E-state index in [-0.39, 0.29) is 17.2 Å². The molecule has 0 saturated carbocycles. The number of nitrogens with one attached hydrogen (secondary N) is 1. The molecule has 0 aromatic heterocycles. The van der Waals surface area contributed by atoms with E-state index >= 15 is 0 Å². The zero-order valence-electron chi connectivity index (χ0n) is 16.4. The van der Waals surface area contributed by atoms with Gasteiger partial charge < -0.3 is 15.0 Å². The molecule has 2 unspecified atom stereocenters. The molecule has 2 saturated heterocycles. The van der Waals surface area contributed by atoms with E-state index in [0.29, 0.717) is 11.4 Å². The summed E-state index contributed by atoms with van der Waals surface area (Å²) in [5, 5.41) is 3.43. The summed E-state index contributed by atoms with van der Waals surface area (Å²) in [6.45, 7) is 8.23. The Morgan fingerprint density at radius 2 is 2.07 bits per heavy atom. The molecule has 150 valence electrons. The number of ether oxygens (including phenoxy) is 1. The van der Waals surface area contributed by atoms with E-state index in [0.717, 1.165) is 51.5 Å². The molecule has 27 heavy (non-hydrogen) atoms. The van der Waals surface area contributed by atoms with Crippen LogP contribution >= 0.6 is 0 Å². The van der Waals surface area contributed by atoms with Crippen LogP contribution in [0.15, 0.2) is 40.2 Å². The first kappa shape index (κ1) is 20.1. The number of hydrogen-bond donors (Lipinski definition) is 1. The SMILES string of the molecule is CCN=C(NC(CC)CS(=O)(=O)c1ccccc1)N1CCC2(CCOC2)C1. The van der Waals surface area contributed by atoms with Crippen LogP contribution in [0.1, 0.15) is 33.1 Å². The highest BCUT2D eigenvalue weighted by molar-refractivity contribution is 7.91. The smallest absolute Gasteiger partial charge is 0.194 e. The third-order valence-corrected chi connectivity index (χ3v) is 7.41. The van der Waals surface area contributed by atoms with Gasteiger partial charge in [0.25, 0.3) is 0 Å². The van der Waals surface area contributed by atoms with Crippen molar-refractivity contribution in [2.45, 2.75) is 44.0 Å². The van der Waals surface area contributed by atoms with Gasteiger partial charge in [-0.05, 0) is 38.3 Å². The van der Waals surface area contributed by atoms with Gasteiger partial charge in [0.15, 0.2) is 15.8 Å². The molecule has 2 aliphatic heterocycles. The Hall–Kier alpha value is -1.60. The van der Waals surface area contributed by atoms with Gasteiger partial charge in [-0.1, -0.05) is 25.1 Å². The first-order valence-corrected chi connectivity index (χ1v) is 11.5. The second-order valence-corrected chi connectivity index (χ2v) is 9.65. The van der Waals surface area contributed by atoms with Gasteiger partial charge in [-0.3, -0.25) is 4.99 Å². The Bertz CT molecular complexity index is 743. The zero-order chi connectivity index (χ0) is 19.3. The van der Waals surface area contributed by atoms with Crippen molar-refractivity contribution >= 4 is 15.8 Å². The Morgan fingerprint density at radius 3 is 2.70 bits per heavy atom. The number of benzene rings is 1. The van der Waals surface area contributed by atoms with Crippen LogP contribution in [-0.4, -0.2) is 63.9 Å². The minimum absolute atomic E-state index is 0.0678. The van der Waals surface area contributed by atoms with Gasteiger partial charge in [0.1, 0.15) is 0 Å². The fourth-order valence-corrected chi connectivity index (χ4v) is 5.52. The molecule has 2 atom stereocenters. The number of guanidine groups is 1. The highest BCUT2D eigenvalue weighted by Gasteiger charge is 2.42. The molecule has 7 heteroatoms. The van der Waals surface area contributed by atoms with Crippen molar-refractivity contribution in [2.24, 2.45) is 10.4 Å². The first-order chi connectivity index (χ1) is 13.0. The van der Waals surface area contributed by atoms with Crippen LogP contribution in [0.2, 0.25) is 0 Å². The number of aliphatic imine (C=N–C) groups is 1. The number of likely N-dealkylation sites (tertiary alicyclic amines) is 1. The van der Waals surface area contributed by atoms with E-state index in [4.69, 9.17) is 4.74 Å². The third kappa shape index (κ3) is 4.82. The number of nitrogens with zero attached hydrogens (tertiary/aromatic N) is 2. The van der Waals surface area contributed by atoms with Crippen molar-refractivity contribution in [3.8, 4) is 0 Å². The number of rotatable bonds is 6. The molecular weight excluding hydrogens is 362 g/mol. The Labute approximate surface area is 162 Å². The van der Waals surface area contributed by atoms with Crippen molar-refractivity contribution < 1.29 is 13.2 Å². The summed E-state index contributed by atoms with van der Waals surface area (Å²) >= 11 is 0. The van der Waals surface area contributed by atoms with Crippen LogP contribution in [0.25, 0.3) is 0 Å². The third-order valence-electron chi connectivity index (χ3n) is 5.58. The lowest BCUT2D eigenvalue weighted by Gasteiger charge is -2.28. The molecule has 2 aliphatic rings. The molecule has 2 heterocycles. The van der Waals surface area contributed by atoms with Crippen molar-refractivity contribution in [1.29, 1.82) is 0 Å². The lowest BCUT2D eigenvalue weighted by molar-refractivity contribution is 0.156. The van der Waals surface area contributed by atoms with Gasteiger partial charge in [0, 0.05) is 37.7 Å². The van der Waals surface area contributed by atoms with E-state index in [2.05, 4.69) is 15.2 Å². The lowest BCUT2D eigenvalue weighted by atomic mass is 9.87.